The Balaban J connectivity index is 1.58. The predicted molar refractivity (Wildman–Crippen MR) is 125 cm³/mol. The molecule has 0 aromatic heterocycles. The summed E-state index contributed by atoms with van der Waals surface area (Å²) in [7, 11) is 0. The highest BCUT2D eigenvalue weighted by Gasteiger charge is 2.42. The molecule has 30 heavy (non-hydrogen) atoms. The lowest BCUT2D eigenvalue weighted by atomic mass is 9.83. The van der Waals surface area contributed by atoms with E-state index >= 15 is 0 Å². The van der Waals surface area contributed by atoms with Crippen LogP contribution in [0.25, 0.3) is 0 Å². The monoisotopic (exact) mass is 410 g/mol. The molecule has 3 aliphatic heterocycles. The van der Waals surface area contributed by atoms with E-state index in [1.807, 2.05) is 36.5 Å². The van der Waals surface area contributed by atoms with E-state index in [-0.39, 0.29) is 5.41 Å². The van der Waals surface area contributed by atoms with Crippen molar-refractivity contribution in [2.75, 3.05) is 11.4 Å². The van der Waals surface area contributed by atoms with Gasteiger partial charge < -0.3 is 4.90 Å². The number of aryl methyl sites for hydroxylation is 1. The lowest BCUT2D eigenvalue weighted by Crippen LogP contribution is -2.29. The molecule has 5 rings (SSSR count). The maximum Gasteiger partial charge on any atom is 0.208 e. The zero-order valence-electron chi connectivity index (χ0n) is 17.1. The summed E-state index contributed by atoms with van der Waals surface area (Å²) in [5, 5.41) is 9.48. The molecule has 4 nitrogen and oxygen atoms in total. The second-order valence-electron chi connectivity index (χ2n) is 8.20. The molecule has 2 aromatic rings. The molecule has 0 N–H and O–H groups in total. The first-order chi connectivity index (χ1) is 14.6. The lowest BCUT2D eigenvalue weighted by Gasteiger charge is -2.30. The number of nitrogens with zero attached hydrogens (tertiary/aromatic N) is 4. The number of nitriles is 1. The van der Waals surface area contributed by atoms with Crippen molar-refractivity contribution in [1.29, 1.82) is 5.26 Å². The van der Waals surface area contributed by atoms with Crippen LogP contribution in [0.4, 0.5) is 5.69 Å². The van der Waals surface area contributed by atoms with Crippen molar-refractivity contribution in [2.24, 2.45) is 9.98 Å². The van der Waals surface area contributed by atoms with Gasteiger partial charge in [0.2, 0.25) is 11.4 Å². The van der Waals surface area contributed by atoms with Crippen LogP contribution in [-0.2, 0) is 11.8 Å². The van der Waals surface area contributed by atoms with Gasteiger partial charge in [0.05, 0.1) is 5.71 Å². The number of rotatable bonds is 2. The summed E-state index contributed by atoms with van der Waals surface area (Å²) in [4.78, 5) is 12.0. The van der Waals surface area contributed by atoms with Crippen LogP contribution < -0.4 is 4.90 Å². The number of aliphatic imine (C=N–C) groups is 2. The number of allylic oxidation sites excluding steroid dienone is 4. The molecule has 0 aliphatic carbocycles. The normalized spacial score (nSPS) is 23.0. The standard InChI is InChI=1S/C25H22N4S/c1-25(2)19-12-6-10-18-11-7-15-29(23(18)19)21(25)14-13-20-22(17-8-4-3-5-9-17)28-24(30-20)27-16-26/h3-6,8-10,12-14H,7,11,15H2,1-2H3/b20-13+,21-14-,27-24+. The maximum absolute atomic E-state index is 8.98. The summed E-state index contributed by atoms with van der Waals surface area (Å²) >= 11 is 1.45. The van der Waals surface area contributed by atoms with Crippen molar-refractivity contribution in [2.45, 2.75) is 32.1 Å². The zero-order chi connectivity index (χ0) is 20.7. The van der Waals surface area contributed by atoms with Crippen LogP contribution >= 0.6 is 11.8 Å². The molecular formula is C25H22N4S. The van der Waals surface area contributed by atoms with Crippen LogP contribution in [0.1, 0.15) is 37.0 Å². The third-order valence-electron chi connectivity index (χ3n) is 6.05. The number of anilines is 1. The number of benzene rings is 2. The Labute approximate surface area is 181 Å². The minimum atomic E-state index is -0.0519. The number of amidine groups is 1. The van der Waals surface area contributed by atoms with Crippen LogP contribution in [-0.4, -0.2) is 17.4 Å². The molecule has 0 spiro atoms. The largest absolute Gasteiger partial charge is 0.344 e. The van der Waals surface area contributed by atoms with Crippen molar-refractivity contribution in [3.8, 4) is 6.19 Å². The van der Waals surface area contributed by atoms with E-state index in [4.69, 9.17) is 5.26 Å². The van der Waals surface area contributed by atoms with Gasteiger partial charge in [0.25, 0.3) is 0 Å². The van der Waals surface area contributed by atoms with Crippen LogP contribution in [0.15, 0.2) is 81.3 Å². The van der Waals surface area contributed by atoms with E-state index in [1.54, 1.807) is 0 Å². The fourth-order valence-electron chi connectivity index (χ4n) is 4.65. The van der Waals surface area contributed by atoms with Crippen molar-refractivity contribution in [3.05, 3.63) is 88.0 Å². The van der Waals surface area contributed by atoms with Gasteiger partial charge in [-0.1, -0.05) is 62.4 Å². The van der Waals surface area contributed by atoms with Gasteiger partial charge in [-0.2, -0.15) is 5.26 Å². The first-order valence-electron chi connectivity index (χ1n) is 10.2. The molecule has 0 unspecified atom stereocenters. The SMILES string of the molecule is CC1(C)/C(=C/C=C2/S/C(=N/C#N)N=C2c2ccccc2)N2CCCc3cccc1c32. The highest BCUT2D eigenvalue weighted by Crippen LogP contribution is 2.51. The Morgan fingerprint density at radius 3 is 2.77 bits per heavy atom. The molecule has 0 atom stereocenters. The van der Waals surface area contributed by atoms with Gasteiger partial charge in [-0.15, -0.1) is 4.99 Å². The highest BCUT2D eigenvalue weighted by molar-refractivity contribution is 8.18. The van der Waals surface area contributed by atoms with E-state index in [0.717, 1.165) is 29.1 Å². The summed E-state index contributed by atoms with van der Waals surface area (Å²) in [6.45, 7) is 5.67. The summed E-state index contributed by atoms with van der Waals surface area (Å²) in [6, 6.07) is 16.8. The van der Waals surface area contributed by atoms with Crippen molar-refractivity contribution in [3.63, 3.8) is 0 Å². The molecule has 0 saturated carbocycles. The number of para-hydroxylation sites is 1. The van der Waals surface area contributed by atoms with E-state index in [0.29, 0.717) is 5.17 Å². The minimum absolute atomic E-state index is 0.0519. The lowest BCUT2D eigenvalue weighted by molar-refractivity contribution is 0.625. The summed E-state index contributed by atoms with van der Waals surface area (Å²) in [6.07, 6.45) is 8.57. The average molecular weight is 411 g/mol. The second-order valence-corrected chi connectivity index (χ2v) is 9.21. The molecule has 0 bridgehead atoms. The Kier molecular flexibility index (Phi) is 4.60. The highest BCUT2D eigenvalue weighted by atomic mass is 32.2. The third kappa shape index (κ3) is 3.00. The Bertz CT molecular complexity index is 1180. The van der Waals surface area contributed by atoms with Gasteiger partial charge in [0.1, 0.15) is 0 Å². The number of thioether (sulfide) groups is 1. The van der Waals surface area contributed by atoms with Crippen molar-refractivity contribution < 1.29 is 0 Å². The van der Waals surface area contributed by atoms with Gasteiger partial charge >= 0.3 is 0 Å². The van der Waals surface area contributed by atoms with E-state index in [1.165, 1.54) is 40.7 Å². The fourth-order valence-corrected chi connectivity index (χ4v) is 5.47. The van der Waals surface area contributed by atoms with Gasteiger partial charge in [-0.25, -0.2) is 4.99 Å². The molecule has 0 fully saturated rings. The first kappa shape index (κ1) is 18.9. The molecule has 3 aliphatic rings. The van der Waals surface area contributed by atoms with Gasteiger partial charge in [-0.3, -0.25) is 0 Å². The second kappa shape index (κ2) is 7.30. The molecule has 3 heterocycles. The Hall–Kier alpha value is -3.10. The third-order valence-corrected chi connectivity index (χ3v) is 6.96. The van der Waals surface area contributed by atoms with Crippen LogP contribution in [0.5, 0.6) is 0 Å². The van der Waals surface area contributed by atoms with Gasteiger partial charge in [-0.05, 0) is 47.9 Å². The summed E-state index contributed by atoms with van der Waals surface area (Å²) < 4.78 is 0. The quantitative estimate of drug-likeness (QED) is 0.608. The van der Waals surface area contributed by atoms with Crippen LogP contribution in [0, 0.1) is 11.5 Å². The van der Waals surface area contributed by atoms with Crippen LogP contribution in [0.3, 0.4) is 0 Å². The molecule has 5 heteroatoms. The molecular weight excluding hydrogens is 388 g/mol. The first-order valence-corrected chi connectivity index (χ1v) is 11.0. The topological polar surface area (TPSA) is 51.8 Å². The predicted octanol–water partition coefficient (Wildman–Crippen LogP) is 5.57. The van der Waals surface area contributed by atoms with E-state index in [2.05, 4.69) is 59.1 Å². The van der Waals surface area contributed by atoms with E-state index in [9.17, 15) is 0 Å². The smallest absolute Gasteiger partial charge is 0.208 e. The fraction of sp³-hybridized carbons (Fsp3) is 0.240. The molecule has 0 saturated heterocycles. The Morgan fingerprint density at radius 1 is 1.13 bits per heavy atom. The molecule has 0 amide bonds. The summed E-state index contributed by atoms with van der Waals surface area (Å²) in [5.74, 6) is 0. The van der Waals surface area contributed by atoms with Gasteiger partial charge in [0.15, 0.2) is 0 Å². The van der Waals surface area contributed by atoms with E-state index < -0.39 is 0 Å². The average Bonchev–Trinajstić information content (AvgIpc) is 3.26. The van der Waals surface area contributed by atoms with Gasteiger partial charge in [0, 0.05) is 33.8 Å². The molecule has 0 radical (unpaired) electrons. The number of hydrogen-bond donors (Lipinski definition) is 0. The van der Waals surface area contributed by atoms with Crippen molar-refractivity contribution >= 4 is 28.3 Å². The number of hydrogen-bond acceptors (Lipinski definition) is 4. The van der Waals surface area contributed by atoms with Crippen LogP contribution in [0.2, 0.25) is 0 Å². The molecule has 2 aromatic carbocycles. The molecule has 148 valence electrons. The Morgan fingerprint density at radius 2 is 1.97 bits per heavy atom. The van der Waals surface area contributed by atoms with Crippen molar-refractivity contribution in [1.82, 2.24) is 0 Å². The summed E-state index contributed by atoms with van der Waals surface area (Å²) in [5.41, 5.74) is 7.44. The minimum Gasteiger partial charge on any atom is -0.344 e. The maximum atomic E-state index is 8.98. The zero-order valence-corrected chi connectivity index (χ0v) is 17.9.